The summed E-state index contributed by atoms with van der Waals surface area (Å²) in [6, 6.07) is 13.6. The Morgan fingerprint density at radius 2 is 1.65 bits per heavy atom. The van der Waals surface area contributed by atoms with E-state index in [-0.39, 0.29) is 32.5 Å². The minimum atomic E-state index is -1.26. The number of ketones is 1. The van der Waals surface area contributed by atoms with Gasteiger partial charge in [-0.3, -0.25) is 14.5 Å². The van der Waals surface area contributed by atoms with E-state index < -0.39 is 29.3 Å². The zero-order valence-electron chi connectivity index (χ0n) is 18.0. The Morgan fingerprint density at radius 1 is 0.971 bits per heavy atom. The van der Waals surface area contributed by atoms with Gasteiger partial charge in [-0.05, 0) is 30.3 Å². The Balaban J connectivity index is 1.98. The van der Waals surface area contributed by atoms with Crippen molar-refractivity contribution in [2.24, 2.45) is 0 Å². The van der Waals surface area contributed by atoms with E-state index in [1.807, 2.05) is 0 Å². The number of benzene rings is 3. The molecule has 1 atom stereocenters. The topological polar surface area (TPSA) is 76.1 Å². The maximum Gasteiger partial charge on any atom is 0.300 e. The Labute approximate surface area is 204 Å². The van der Waals surface area contributed by atoms with Gasteiger partial charge in [-0.15, -0.1) is 0 Å². The van der Waals surface area contributed by atoms with Crippen LogP contribution in [0.3, 0.4) is 0 Å². The molecule has 1 aliphatic rings. The lowest BCUT2D eigenvalue weighted by atomic mass is 9.94. The molecule has 6 nitrogen and oxygen atoms in total. The van der Waals surface area contributed by atoms with Crippen molar-refractivity contribution >= 4 is 46.3 Å². The van der Waals surface area contributed by atoms with Crippen LogP contribution in [0.5, 0.6) is 11.5 Å². The summed E-state index contributed by atoms with van der Waals surface area (Å²) in [5.74, 6) is -2.52. The van der Waals surface area contributed by atoms with E-state index in [2.05, 4.69) is 0 Å². The van der Waals surface area contributed by atoms with Gasteiger partial charge in [0, 0.05) is 22.9 Å². The molecule has 0 aromatic heterocycles. The van der Waals surface area contributed by atoms with Crippen LogP contribution in [-0.2, 0) is 9.59 Å². The van der Waals surface area contributed by atoms with Crippen LogP contribution in [0.2, 0.25) is 10.0 Å². The minimum Gasteiger partial charge on any atom is -0.507 e. The Kier molecular flexibility index (Phi) is 6.50. The number of anilines is 1. The van der Waals surface area contributed by atoms with E-state index >= 15 is 0 Å². The molecule has 9 heteroatoms. The highest BCUT2D eigenvalue weighted by Crippen LogP contribution is 2.44. The molecule has 3 aromatic carbocycles. The number of aliphatic hydroxyl groups excluding tert-OH is 1. The predicted molar refractivity (Wildman–Crippen MR) is 127 cm³/mol. The third kappa shape index (κ3) is 3.97. The van der Waals surface area contributed by atoms with E-state index in [9.17, 15) is 19.1 Å². The average molecular weight is 502 g/mol. The average Bonchev–Trinajstić information content (AvgIpc) is 3.09. The standard InChI is InChI=1S/C25H18Cl2FNO5/c1-33-15-7-5-6-14(12-15)29-21(16-8-3-4-9-19(16)28)20(23(31)25(29)32)22(30)13-10-17(26)24(34-2)18(27)11-13/h3-12,21,30H,1-2H3/b22-20+. The Hall–Kier alpha value is -3.55. The summed E-state index contributed by atoms with van der Waals surface area (Å²) >= 11 is 12.4. The summed E-state index contributed by atoms with van der Waals surface area (Å²) < 4.78 is 25.3. The number of methoxy groups -OCH3 is 2. The zero-order chi connectivity index (χ0) is 24.6. The highest BCUT2D eigenvalue weighted by atomic mass is 35.5. The first-order valence-electron chi connectivity index (χ1n) is 10.0. The molecule has 0 saturated carbocycles. The van der Waals surface area contributed by atoms with Crippen molar-refractivity contribution in [3.63, 3.8) is 0 Å². The first-order chi connectivity index (χ1) is 16.3. The Morgan fingerprint density at radius 3 is 2.26 bits per heavy atom. The summed E-state index contributed by atoms with van der Waals surface area (Å²) in [5, 5.41) is 11.4. The molecule has 34 heavy (non-hydrogen) atoms. The summed E-state index contributed by atoms with van der Waals surface area (Å²) in [7, 11) is 2.84. The van der Waals surface area contributed by atoms with Crippen LogP contribution in [0, 0.1) is 5.82 Å². The van der Waals surface area contributed by atoms with Gasteiger partial charge in [-0.2, -0.15) is 0 Å². The lowest BCUT2D eigenvalue weighted by Crippen LogP contribution is -2.29. The van der Waals surface area contributed by atoms with Crippen molar-refractivity contribution < 1.29 is 28.6 Å². The Bertz CT molecular complexity index is 1320. The summed E-state index contributed by atoms with van der Waals surface area (Å²) in [6.45, 7) is 0. The normalized spacial score (nSPS) is 17.2. The molecule has 1 N–H and O–H groups in total. The molecule has 4 rings (SSSR count). The van der Waals surface area contributed by atoms with Crippen LogP contribution in [0.25, 0.3) is 5.76 Å². The maximum absolute atomic E-state index is 15.0. The van der Waals surface area contributed by atoms with Crippen molar-refractivity contribution in [1.29, 1.82) is 0 Å². The number of ether oxygens (including phenoxy) is 2. The monoisotopic (exact) mass is 501 g/mol. The van der Waals surface area contributed by atoms with Gasteiger partial charge in [0.1, 0.15) is 17.3 Å². The fourth-order valence-electron chi connectivity index (χ4n) is 3.90. The number of amides is 1. The van der Waals surface area contributed by atoms with Crippen molar-refractivity contribution in [3.8, 4) is 11.5 Å². The van der Waals surface area contributed by atoms with Crippen LogP contribution in [0.4, 0.5) is 10.1 Å². The predicted octanol–water partition coefficient (Wildman–Crippen LogP) is 5.78. The van der Waals surface area contributed by atoms with Crippen LogP contribution in [-0.4, -0.2) is 31.0 Å². The van der Waals surface area contributed by atoms with Crippen LogP contribution < -0.4 is 14.4 Å². The molecule has 1 fully saturated rings. The number of carbonyl (C=O) groups excluding carboxylic acids is 2. The van der Waals surface area contributed by atoms with Crippen molar-refractivity contribution in [3.05, 3.63) is 93.2 Å². The van der Waals surface area contributed by atoms with Gasteiger partial charge in [0.25, 0.3) is 11.7 Å². The number of rotatable bonds is 5. The maximum atomic E-state index is 15.0. The van der Waals surface area contributed by atoms with Gasteiger partial charge in [0.2, 0.25) is 0 Å². The van der Waals surface area contributed by atoms with E-state index in [0.29, 0.717) is 11.4 Å². The molecule has 1 amide bonds. The first-order valence-corrected chi connectivity index (χ1v) is 10.8. The molecule has 0 aliphatic carbocycles. The number of hydrogen-bond acceptors (Lipinski definition) is 5. The molecule has 1 heterocycles. The van der Waals surface area contributed by atoms with Crippen molar-refractivity contribution in [2.45, 2.75) is 6.04 Å². The first kappa shape index (κ1) is 23.6. The zero-order valence-corrected chi connectivity index (χ0v) is 19.5. The second-order valence-corrected chi connectivity index (χ2v) is 8.18. The highest BCUT2D eigenvalue weighted by molar-refractivity contribution is 6.51. The van der Waals surface area contributed by atoms with E-state index in [1.54, 1.807) is 30.3 Å². The second kappa shape index (κ2) is 9.37. The molecule has 0 radical (unpaired) electrons. The van der Waals surface area contributed by atoms with Crippen LogP contribution in [0.15, 0.2) is 66.2 Å². The lowest BCUT2D eigenvalue weighted by Gasteiger charge is -2.26. The smallest absolute Gasteiger partial charge is 0.300 e. The van der Waals surface area contributed by atoms with Gasteiger partial charge in [0.15, 0.2) is 5.75 Å². The number of hydrogen-bond donors (Lipinski definition) is 1. The van der Waals surface area contributed by atoms with Gasteiger partial charge in [0.05, 0.1) is 35.9 Å². The SMILES string of the molecule is COc1cccc(N2C(=O)C(=O)/C(=C(/O)c3cc(Cl)c(OC)c(Cl)c3)C2c2ccccc2F)c1. The van der Waals surface area contributed by atoms with Gasteiger partial charge < -0.3 is 14.6 Å². The van der Waals surface area contributed by atoms with E-state index in [4.69, 9.17) is 32.7 Å². The van der Waals surface area contributed by atoms with Gasteiger partial charge in [-0.25, -0.2) is 4.39 Å². The van der Waals surface area contributed by atoms with E-state index in [1.165, 1.54) is 44.6 Å². The molecular formula is C25H18Cl2FNO5. The molecule has 0 spiro atoms. The number of Topliss-reactive ketones (excluding diaryl/α,β-unsaturated/α-hetero) is 1. The molecule has 3 aromatic rings. The summed E-state index contributed by atoms with van der Waals surface area (Å²) in [5.41, 5.74) is 0.0762. The lowest BCUT2D eigenvalue weighted by molar-refractivity contribution is -0.132. The van der Waals surface area contributed by atoms with Crippen molar-refractivity contribution in [2.75, 3.05) is 19.1 Å². The second-order valence-electron chi connectivity index (χ2n) is 7.37. The number of halogens is 3. The minimum absolute atomic E-state index is 0.0248. The van der Waals surface area contributed by atoms with Crippen LogP contribution >= 0.6 is 23.2 Å². The highest BCUT2D eigenvalue weighted by Gasteiger charge is 2.48. The van der Waals surface area contributed by atoms with E-state index in [0.717, 1.165) is 4.90 Å². The molecule has 1 aliphatic heterocycles. The largest absolute Gasteiger partial charge is 0.507 e. The number of carbonyl (C=O) groups is 2. The third-order valence-corrected chi connectivity index (χ3v) is 6.01. The number of aliphatic hydroxyl groups is 1. The molecule has 174 valence electrons. The molecular weight excluding hydrogens is 484 g/mol. The number of nitrogens with zero attached hydrogens (tertiary/aromatic N) is 1. The summed E-state index contributed by atoms with van der Waals surface area (Å²) in [4.78, 5) is 27.5. The van der Waals surface area contributed by atoms with Crippen molar-refractivity contribution in [1.82, 2.24) is 0 Å². The van der Waals surface area contributed by atoms with Crippen LogP contribution in [0.1, 0.15) is 17.2 Å². The molecule has 1 unspecified atom stereocenters. The summed E-state index contributed by atoms with van der Waals surface area (Å²) in [6.07, 6.45) is 0. The molecule has 1 saturated heterocycles. The molecule has 0 bridgehead atoms. The van der Waals surface area contributed by atoms with Gasteiger partial charge >= 0.3 is 0 Å². The fourth-order valence-corrected chi connectivity index (χ4v) is 4.54. The quantitative estimate of drug-likeness (QED) is 0.272. The van der Waals surface area contributed by atoms with Gasteiger partial charge in [-0.1, -0.05) is 47.5 Å². The fraction of sp³-hybridized carbons (Fsp3) is 0.120. The third-order valence-electron chi connectivity index (χ3n) is 5.45.